The molecule has 0 radical (unpaired) electrons. The molecular weight excluding hydrogens is 362 g/mol. The number of hydrogen-bond donors (Lipinski definition) is 0. The van der Waals surface area contributed by atoms with Gasteiger partial charge in [-0.1, -0.05) is 12.1 Å². The molecule has 2 aromatic rings. The summed E-state index contributed by atoms with van der Waals surface area (Å²) < 4.78 is 5.19. The maximum Gasteiger partial charge on any atom is 0.254 e. The minimum absolute atomic E-state index is 0.00897. The molecule has 2 heterocycles. The van der Waals surface area contributed by atoms with E-state index < -0.39 is 0 Å². The standard InChI is InChI=1S/C20H25N3O3S/c1-21(14-18-7-4-12-27-18)19(24)15-22-8-10-23(11-9-22)20(25)16-5-3-6-17(13-16)26-2/h3-7,12-13H,8-11,14-15H2,1-2H3. The molecule has 0 unspecified atom stereocenters. The van der Waals surface area contributed by atoms with Crippen molar-refractivity contribution < 1.29 is 14.3 Å². The SMILES string of the molecule is COc1cccc(C(=O)N2CCN(CC(=O)N(C)Cc3cccs3)CC2)c1. The van der Waals surface area contributed by atoms with Crippen LogP contribution in [0.1, 0.15) is 15.2 Å². The summed E-state index contributed by atoms with van der Waals surface area (Å²) >= 11 is 1.66. The number of piperazine rings is 1. The second kappa shape index (κ2) is 9.01. The Hall–Kier alpha value is -2.38. The maximum atomic E-state index is 12.7. The first-order chi connectivity index (χ1) is 13.1. The number of carbonyl (C=O) groups excluding carboxylic acids is 2. The number of carbonyl (C=O) groups is 2. The fraction of sp³-hybridized carbons (Fsp3) is 0.400. The first-order valence-electron chi connectivity index (χ1n) is 8.99. The molecule has 1 saturated heterocycles. The largest absolute Gasteiger partial charge is 0.497 e. The van der Waals surface area contributed by atoms with Crippen LogP contribution in [0, 0.1) is 0 Å². The second-order valence-electron chi connectivity index (χ2n) is 6.63. The fourth-order valence-electron chi connectivity index (χ4n) is 3.08. The first kappa shape index (κ1) is 19.4. The average Bonchev–Trinajstić information content (AvgIpc) is 3.21. The Morgan fingerprint density at radius 1 is 1.15 bits per heavy atom. The zero-order valence-electron chi connectivity index (χ0n) is 15.8. The fourth-order valence-corrected chi connectivity index (χ4v) is 3.84. The van der Waals surface area contributed by atoms with E-state index in [2.05, 4.69) is 4.90 Å². The van der Waals surface area contributed by atoms with Gasteiger partial charge in [0.25, 0.3) is 5.91 Å². The van der Waals surface area contributed by atoms with Crippen molar-refractivity contribution in [3.8, 4) is 5.75 Å². The van der Waals surface area contributed by atoms with Crippen LogP contribution >= 0.6 is 11.3 Å². The van der Waals surface area contributed by atoms with Crippen LogP contribution in [0.3, 0.4) is 0 Å². The molecule has 0 bridgehead atoms. The monoisotopic (exact) mass is 387 g/mol. The van der Waals surface area contributed by atoms with Crippen molar-refractivity contribution in [1.82, 2.24) is 14.7 Å². The van der Waals surface area contributed by atoms with Crippen molar-refractivity contribution in [2.75, 3.05) is 46.9 Å². The summed E-state index contributed by atoms with van der Waals surface area (Å²) in [6.45, 7) is 3.69. The van der Waals surface area contributed by atoms with Crippen molar-refractivity contribution in [2.24, 2.45) is 0 Å². The maximum absolute atomic E-state index is 12.7. The Morgan fingerprint density at radius 2 is 1.93 bits per heavy atom. The summed E-state index contributed by atoms with van der Waals surface area (Å²) in [6.07, 6.45) is 0. The molecule has 1 aliphatic heterocycles. The molecule has 0 atom stereocenters. The average molecular weight is 388 g/mol. The Balaban J connectivity index is 1.48. The summed E-state index contributed by atoms with van der Waals surface area (Å²) in [4.78, 5) is 32.0. The molecule has 1 fully saturated rings. The highest BCUT2D eigenvalue weighted by molar-refractivity contribution is 7.09. The number of amides is 2. The minimum Gasteiger partial charge on any atom is -0.497 e. The topological polar surface area (TPSA) is 53.1 Å². The number of rotatable bonds is 6. The van der Waals surface area contributed by atoms with Crippen LogP contribution in [0.2, 0.25) is 0 Å². The summed E-state index contributed by atoms with van der Waals surface area (Å²) in [5.74, 6) is 0.796. The van der Waals surface area contributed by atoms with Crippen LogP contribution in [-0.4, -0.2) is 73.4 Å². The number of nitrogens with zero attached hydrogens (tertiary/aromatic N) is 3. The molecule has 0 saturated carbocycles. The molecule has 0 spiro atoms. The summed E-state index contributed by atoms with van der Waals surface area (Å²) in [5.41, 5.74) is 0.634. The van der Waals surface area contributed by atoms with Gasteiger partial charge < -0.3 is 14.5 Å². The van der Waals surface area contributed by atoms with E-state index in [1.54, 1.807) is 35.5 Å². The van der Waals surface area contributed by atoms with Crippen molar-refractivity contribution in [3.63, 3.8) is 0 Å². The number of ether oxygens (including phenoxy) is 1. The van der Waals surface area contributed by atoms with Gasteiger partial charge in [0.15, 0.2) is 0 Å². The molecule has 1 aromatic heterocycles. The van der Waals surface area contributed by atoms with Crippen LogP contribution in [-0.2, 0) is 11.3 Å². The Kier molecular flexibility index (Phi) is 6.47. The third-order valence-electron chi connectivity index (χ3n) is 4.73. The van der Waals surface area contributed by atoms with Gasteiger partial charge in [-0.25, -0.2) is 0 Å². The normalized spacial score (nSPS) is 14.8. The van der Waals surface area contributed by atoms with Gasteiger partial charge in [0.05, 0.1) is 20.2 Å². The summed E-state index contributed by atoms with van der Waals surface area (Å²) in [6, 6.07) is 11.3. The highest BCUT2D eigenvalue weighted by Gasteiger charge is 2.24. The third-order valence-corrected chi connectivity index (χ3v) is 5.60. The third kappa shape index (κ3) is 5.08. The van der Waals surface area contributed by atoms with Crippen molar-refractivity contribution >= 4 is 23.2 Å². The molecule has 27 heavy (non-hydrogen) atoms. The van der Waals surface area contributed by atoms with E-state index in [1.165, 1.54) is 4.88 Å². The highest BCUT2D eigenvalue weighted by Crippen LogP contribution is 2.16. The van der Waals surface area contributed by atoms with E-state index in [1.807, 2.05) is 41.6 Å². The Bertz CT molecular complexity index is 771. The van der Waals surface area contributed by atoms with Crippen molar-refractivity contribution in [1.29, 1.82) is 0 Å². The summed E-state index contributed by atoms with van der Waals surface area (Å²) in [7, 11) is 3.43. The van der Waals surface area contributed by atoms with Gasteiger partial charge in [0.2, 0.25) is 5.91 Å². The van der Waals surface area contributed by atoms with Crippen LogP contribution in [0.5, 0.6) is 5.75 Å². The van der Waals surface area contributed by atoms with E-state index in [-0.39, 0.29) is 11.8 Å². The molecule has 0 N–H and O–H groups in total. The molecule has 6 nitrogen and oxygen atoms in total. The lowest BCUT2D eigenvalue weighted by Gasteiger charge is -2.35. The number of likely N-dealkylation sites (N-methyl/N-ethyl adjacent to an activating group) is 1. The van der Waals surface area contributed by atoms with E-state index in [0.717, 1.165) is 0 Å². The van der Waals surface area contributed by atoms with Crippen LogP contribution in [0.15, 0.2) is 41.8 Å². The van der Waals surface area contributed by atoms with Crippen LogP contribution in [0.25, 0.3) is 0 Å². The lowest BCUT2D eigenvalue weighted by Crippen LogP contribution is -2.51. The molecule has 1 aromatic carbocycles. The van der Waals surface area contributed by atoms with Crippen molar-refractivity contribution in [3.05, 3.63) is 52.2 Å². The van der Waals surface area contributed by atoms with Gasteiger partial charge >= 0.3 is 0 Å². The van der Waals surface area contributed by atoms with Gasteiger partial charge in [0, 0.05) is 43.7 Å². The molecular formula is C20H25N3O3S. The van der Waals surface area contributed by atoms with Crippen LogP contribution < -0.4 is 4.74 Å². The Labute approximate surface area is 163 Å². The number of methoxy groups -OCH3 is 1. The van der Waals surface area contributed by atoms with E-state index >= 15 is 0 Å². The Morgan fingerprint density at radius 3 is 2.59 bits per heavy atom. The van der Waals surface area contributed by atoms with Gasteiger partial charge in [-0.15, -0.1) is 11.3 Å². The molecule has 0 aliphatic carbocycles. The number of benzene rings is 1. The molecule has 7 heteroatoms. The van der Waals surface area contributed by atoms with E-state index in [0.29, 0.717) is 50.6 Å². The smallest absolute Gasteiger partial charge is 0.254 e. The minimum atomic E-state index is 0.00897. The van der Waals surface area contributed by atoms with Crippen molar-refractivity contribution in [2.45, 2.75) is 6.54 Å². The molecule has 144 valence electrons. The van der Waals surface area contributed by atoms with Gasteiger partial charge in [0.1, 0.15) is 5.75 Å². The summed E-state index contributed by atoms with van der Waals surface area (Å²) in [5, 5.41) is 2.02. The van der Waals surface area contributed by atoms with Gasteiger partial charge in [-0.2, -0.15) is 0 Å². The van der Waals surface area contributed by atoms with E-state index in [9.17, 15) is 9.59 Å². The second-order valence-corrected chi connectivity index (χ2v) is 7.66. The zero-order chi connectivity index (χ0) is 19.2. The van der Waals surface area contributed by atoms with Crippen LogP contribution in [0.4, 0.5) is 0 Å². The highest BCUT2D eigenvalue weighted by atomic mass is 32.1. The molecule has 3 rings (SSSR count). The van der Waals surface area contributed by atoms with Gasteiger partial charge in [-0.05, 0) is 29.6 Å². The predicted molar refractivity (Wildman–Crippen MR) is 106 cm³/mol. The number of thiophene rings is 1. The number of hydrogen-bond acceptors (Lipinski definition) is 5. The lowest BCUT2D eigenvalue weighted by molar-refractivity contribution is -0.131. The molecule has 1 aliphatic rings. The quantitative estimate of drug-likeness (QED) is 0.762. The van der Waals surface area contributed by atoms with E-state index in [4.69, 9.17) is 4.74 Å². The lowest BCUT2D eigenvalue weighted by atomic mass is 10.1. The zero-order valence-corrected chi connectivity index (χ0v) is 16.6. The predicted octanol–water partition coefficient (Wildman–Crippen LogP) is 2.17. The first-order valence-corrected chi connectivity index (χ1v) is 9.87. The molecule has 2 amide bonds. The van der Waals surface area contributed by atoms with Gasteiger partial charge in [-0.3, -0.25) is 14.5 Å².